The normalized spacial score (nSPS) is 26.3. The van der Waals surface area contributed by atoms with Gasteiger partial charge in [-0.25, -0.2) is 9.69 Å². The summed E-state index contributed by atoms with van der Waals surface area (Å²) in [5.41, 5.74) is 0. The number of carbonyl (C=O) groups is 2. The second-order valence-corrected chi connectivity index (χ2v) is 6.03. The van der Waals surface area contributed by atoms with Crippen molar-refractivity contribution in [2.24, 2.45) is 5.92 Å². The zero-order chi connectivity index (χ0) is 12.8. The molecule has 0 aliphatic carbocycles. The second kappa shape index (κ2) is 7.18. The molecule has 1 fully saturated rings. The van der Waals surface area contributed by atoms with E-state index in [-0.39, 0.29) is 11.8 Å². The Morgan fingerprint density at radius 1 is 1.53 bits per heavy atom. The molecule has 0 aromatic rings. The van der Waals surface area contributed by atoms with Crippen molar-refractivity contribution in [3.05, 3.63) is 0 Å². The van der Waals surface area contributed by atoms with Gasteiger partial charge in [0.1, 0.15) is 0 Å². The predicted octanol–water partition coefficient (Wildman–Crippen LogP) is 2.99. The molecule has 0 aromatic carbocycles. The summed E-state index contributed by atoms with van der Waals surface area (Å²) in [5, 5.41) is 0. The molecule has 1 rings (SSSR count). The van der Waals surface area contributed by atoms with Crippen LogP contribution in [-0.2, 0) is 9.53 Å². The molecule has 1 aliphatic rings. The van der Waals surface area contributed by atoms with Crippen LogP contribution in [0.1, 0.15) is 39.5 Å². The summed E-state index contributed by atoms with van der Waals surface area (Å²) in [6, 6.07) is 0. The Kier molecular flexibility index (Phi) is 6.22. The lowest BCUT2D eigenvalue weighted by molar-refractivity contribution is -0.134. The Morgan fingerprint density at radius 3 is 2.82 bits per heavy atom. The molecule has 5 heteroatoms. The van der Waals surface area contributed by atoms with Crippen LogP contribution < -0.4 is 0 Å². The Hall–Kier alpha value is -0.330. The predicted molar refractivity (Wildman–Crippen MR) is 74.2 cm³/mol. The maximum atomic E-state index is 12.2. The Morgan fingerprint density at radius 2 is 2.24 bits per heavy atom. The Labute approximate surface area is 116 Å². The van der Waals surface area contributed by atoms with E-state index in [0.29, 0.717) is 17.1 Å². The van der Waals surface area contributed by atoms with Crippen molar-refractivity contribution in [3.8, 4) is 0 Å². The minimum absolute atomic E-state index is 0.0402. The third-order valence-corrected chi connectivity index (χ3v) is 4.17. The second-order valence-electron chi connectivity index (χ2n) is 4.27. The van der Waals surface area contributed by atoms with E-state index in [2.05, 4.69) is 22.6 Å². The van der Waals surface area contributed by atoms with E-state index in [1.165, 1.54) is 4.90 Å². The molecule has 98 valence electrons. The number of imide groups is 1. The SMILES string of the molecule is CCOC(=O)N1CCC[C@H](I)C[C@@H](CC)C1=O. The van der Waals surface area contributed by atoms with E-state index in [9.17, 15) is 9.59 Å². The lowest BCUT2D eigenvalue weighted by atomic mass is 9.95. The fourth-order valence-corrected chi connectivity index (χ4v) is 3.11. The lowest BCUT2D eigenvalue weighted by Gasteiger charge is -2.28. The zero-order valence-corrected chi connectivity index (χ0v) is 12.6. The van der Waals surface area contributed by atoms with Gasteiger partial charge >= 0.3 is 6.09 Å². The van der Waals surface area contributed by atoms with Crippen LogP contribution in [0, 0.1) is 5.92 Å². The van der Waals surface area contributed by atoms with E-state index >= 15 is 0 Å². The molecule has 4 nitrogen and oxygen atoms in total. The van der Waals surface area contributed by atoms with Gasteiger partial charge in [-0.3, -0.25) is 4.79 Å². The van der Waals surface area contributed by atoms with Crippen LogP contribution >= 0.6 is 22.6 Å². The quantitative estimate of drug-likeness (QED) is 0.566. The minimum Gasteiger partial charge on any atom is -0.449 e. The van der Waals surface area contributed by atoms with Gasteiger partial charge in [0.05, 0.1) is 6.61 Å². The van der Waals surface area contributed by atoms with Gasteiger partial charge in [0.2, 0.25) is 5.91 Å². The molecule has 2 amide bonds. The summed E-state index contributed by atoms with van der Waals surface area (Å²) in [6.07, 6.45) is 3.09. The highest BCUT2D eigenvalue weighted by molar-refractivity contribution is 14.1. The van der Waals surface area contributed by atoms with Crippen molar-refractivity contribution >= 4 is 34.6 Å². The van der Waals surface area contributed by atoms with Gasteiger partial charge in [-0.2, -0.15) is 0 Å². The molecule has 0 bridgehead atoms. The van der Waals surface area contributed by atoms with E-state index in [0.717, 1.165) is 25.7 Å². The molecule has 0 unspecified atom stereocenters. The number of halogens is 1. The number of nitrogens with zero attached hydrogens (tertiary/aromatic N) is 1. The van der Waals surface area contributed by atoms with Crippen LogP contribution in [0.2, 0.25) is 0 Å². The first kappa shape index (κ1) is 14.7. The van der Waals surface area contributed by atoms with Crippen LogP contribution in [0.25, 0.3) is 0 Å². The molecular weight excluding hydrogens is 333 g/mol. The smallest absolute Gasteiger partial charge is 0.416 e. The summed E-state index contributed by atoms with van der Waals surface area (Å²) >= 11 is 2.40. The van der Waals surface area contributed by atoms with Crippen LogP contribution in [0.3, 0.4) is 0 Å². The van der Waals surface area contributed by atoms with Gasteiger partial charge in [0.15, 0.2) is 0 Å². The fraction of sp³-hybridized carbons (Fsp3) is 0.833. The number of likely N-dealkylation sites (tertiary alicyclic amines) is 1. The topological polar surface area (TPSA) is 46.6 Å². The minimum atomic E-state index is -0.483. The third kappa shape index (κ3) is 4.12. The van der Waals surface area contributed by atoms with Gasteiger partial charge in [-0.1, -0.05) is 29.5 Å². The molecule has 0 spiro atoms. The number of amides is 2. The van der Waals surface area contributed by atoms with E-state index in [1.54, 1.807) is 6.92 Å². The average molecular weight is 353 g/mol. The highest BCUT2D eigenvalue weighted by atomic mass is 127. The molecule has 17 heavy (non-hydrogen) atoms. The van der Waals surface area contributed by atoms with Crippen molar-refractivity contribution in [1.29, 1.82) is 0 Å². The Bertz CT molecular complexity index is 283. The standard InChI is InChI=1S/C12H20INO3/c1-3-9-8-10(13)6-5-7-14(11(9)15)12(16)17-4-2/h9-10H,3-8H2,1-2H3/t9-,10+/m1/s1. The van der Waals surface area contributed by atoms with E-state index in [1.807, 2.05) is 6.92 Å². The number of alkyl halides is 1. The molecule has 0 radical (unpaired) electrons. The molecule has 0 N–H and O–H groups in total. The molecule has 2 atom stereocenters. The van der Waals surface area contributed by atoms with Gasteiger partial charge in [0.25, 0.3) is 0 Å². The van der Waals surface area contributed by atoms with Crippen LogP contribution in [0.5, 0.6) is 0 Å². The van der Waals surface area contributed by atoms with Crippen molar-refractivity contribution in [3.63, 3.8) is 0 Å². The number of rotatable bonds is 2. The summed E-state index contributed by atoms with van der Waals surface area (Å²) in [7, 11) is 0. The van der Waals surface area contributed by atoms with Crippen LogP contribution in [0.4, 0.5) is 4.79 Å². The first-order chi connectivity index (χ1) is 8.10. The van der Waals surface area contributed by atoms with Gasteiger partial charge < -0.3 is 4.74 Å². The lowest BCUT2D eigenvalue weighted by Crippen LogP contribution is -2.43. The monoisotopic (exact) mass is 353 g/mol. The summed E-state index contributed by atoms with van der Waals surface area (Å²) in [5.74, 6) is -0.103. The molecule has 1 saturated heterocycles. The number of ether oxygens (including phenoxy) is 1. The molecule has 0 aromatic heterocycles. The highest BCUT2D eigenvalue weighted by Crippen LogP contribution is 2.26. The molecule has 0 saturated carbocycles. The first-order valence-electron chi connectivity index (χ1n) is 6.22. The largest absolute Gasteiger partial charge is 0.449 e. The van der Waals surface area contributed by atoms with Crippen molar-refractivity contribution in [2.75, 3.05) is 13.2 Å². The first-order valence-corrected chi connectivity index (χ1v) is 7.46. The number of hydrogen-bond acceptors (Lipinski definition) is 3. The van der Waals surface area contributed by atoms with Crippen LogP contribution in [-0.4, -0.2) is 34.0 Å². The summed E-state index contributed by atoms with van der Waals surface area (Å²) < 4.78 is 5.47. The summed E-state index contributed by atoms with van der Waals surface area (Å²) in [6.45, 7) is 4.56. The van der Waals surface area contributed by atoms with Gasteiger partial charge in [0, 0.05) is 16.4 Å². The van der Waals surface area contributed by atoms with E-state index < -0.39 is 6.09 Å². The van der Waals surface area contributed by atoms with Crippen molar-refractivity contribution < 1.29 is 14.3 Å². The van der Waals surface area contributed by atoms with Gasteiger partial charge in [-0.05, 0) is 32.6 Å². The number of hydrogen-bond donors (Lipinski definition) is 0. The van der Waals surface area contributed by atoms with Crippen LogP contribution in [0.15, 0.2) is 0 Å². The zero-order valence-electron chi connectivity index (χ0n) is 10.4. The van der Waals surface area contributed by atoms with E-state index in [4.69, 9.17) is 4.74 Å². The maximum absolute atomic E-state index is 12.2. The molecule has 1 aliphatic heterocycles. The molecule has 1 heterocycles. The van der Waals surface area contributed by atoms with Crippen molar-refractivity contribution in [1.82, 2.24) is 4.90 Å². The number of carbonyl (C=O) groups excluding carboxylic acids is 2. The average Bonchev–Trinajstić information content (AvgIpc) is 2.29. The molecular formula is C12H20INO3. The fourth-order valence-electron chi connectivity index (χ4n) is 2.05. The Balaban J connectivity index is 2.75. The van der Waals surface area contributed by atoms with Gasteiger partial charge in [-0.15, -0.1) is 0 Å². The summed E-state index contributed by atoms with van der Waals surface area (Å²) in [4.78, 5) is 25.2. The van der Waals surface area contributed by atoms with Crippen molar-refractivity contribution in [2.45, 2.75) is 43.5 Å². The maximum Gasteiger partial charge on any atom is 0.416 e. The third-order valence-electron chi connectivity index (χ3n) is 3.04. The highest BCUT2D eigenvalue weighted by Gasteiger charge is 2.31.